The van der Waals surface area contributed by atoms with E-state index < -0.39 is 12.0 Å². The molecule has 3 rings (SSSR count). The Kier molecular flexibility index (Phi) is 4.15. The van der Waals surface area contributed by atoms with E-state index >= 15 is 0 Å². The Labute approximate surface area is 136 Å². The molecule has 1 N–H and O–H groups in total. The number of halogens is 1. The van der Waals surface area contributed by atoms with Gasteiger partial charge in [0.1, 0.15) is 6.04 Å². The Morgan fingerprint density at radius 2 is 2.24 bits per heavy atom. The van der Waals surface area contributed by atoms with Crippen LogP contribution in [0.1, 0.15) is 35.0 Å². The Morgan fingerprint density at radius 3 is 2.90 bits per heavy atom. The summed E-state index contributed by atoms with van der Waals surface area (Å²) in [4.78, 5) is 15.1. The normalized spacial score (nSPS) is 20.0. The number of hydrogen-bond donors (Lipinski definition) is 1. The van der Waals surface area contributed by atoms with Crippen molar-refractivity contribution in [1.29, 1.82) is 0 Å². The first-order valence-corrected chi connectivity index (χ1v) is 8.55. The molecule has 3 nitrogen and oxygen atoms in total. The summed E-state index contributed by atoms with van der Waals surface area (Å²) in [5.74, 6) is -0.773. The largest absolute Gasteiger partial charge is 0.480 e. The Bertz CT molecular complexity index is 670. The fourth-order valence-corrected chi connectivity index (χ4v) is 4.51. The van der Waals surface area contributed by atoms with Gasteiger partial charge in [0.15, 0.2) is 0 Å². The Morgan fingerprint density at radius 1 is 1.48 bits per heavy atom. The molecule has 110 valence electrons. The molecule has 0 aliphatic carbocycles. The van der Waals surface area contributed by atoms with E-state index in [2.05, 4.69) is 33.8 Å². The molecule has 1 aromatic heterocycles. The van der Waals surface area contributed by atoms with Crippen molar-refractivity contribution in [3.63, 3.8) is 0 Å². The number of carboxylic acid groups (broad SMARTS) is 1. The summed E-state index contributed by atoms with van der Waals surface area (Å²) >= 11 is 5.13. The average Bonchev–Trinajstić information content (AvgIpc) is 2.91. The van der Waals surface area contributed by atoms with Crippen LogP contribution in [-0.4, -0.2) is 22.5 Å². The van der Waals surface area contributed by atoms with Gasteiger partial charge in [-0.05, 0) is 46.5 Å². The summed E-state index contributed by atoms with van der Waals surface area (Å²) in [7, 11) is 0. The summed E-state index contributed by atoms with van der Waals surface area (Å²) in [5.41, 5.74) is 2.08. The second kappa shape index (κ2) is 5.91. The van der Waals surface area contributed by atoms with E-state index in [4.69, 9.17) is 0 Å². The summed E-state index contributed by atoms with van der Waals surface area (Å²) < 4.78 is 1.05. The SMILES string of the molecule is CC(c1cc(Br)cs1)N1CCc2ccccc2C1C(=O)O. The minimum atomic E-state index is -0.773. The number of fused-ring (bicyclic) bond motifs is 1. The molecule has 21 heavy (non-hydrogen) atoms. The standard InChI is InChI=1S/C16H16BrNO2S/c1-10(14-8-12(17)9-21-14)18-7-6-11-4-2-3-5-13(11)15(18)16(19)20/h2-5,8-10,15H,6-7H2,1H3,(H,19,20). The van der Waals surface area contributed by atoms with Crippen molar-refractivity contribution in [3.8, 4) is 0 Å². The topological polar surface area (TPSA) is 40.5 Å². The van der Waals surface area contributed by atoms with Gasteiger partial charge < -0.3 is 5.11 Å². The van der Waals surface area contributed by atoms with Gasteiger partial charge in [-0.2, -0.15) is 0 Å². The number of benzene rings is 1. The third kappa shape index (κ3) is 2.78. The van der Waals surface area contributed by atoms with Crippen molar-refractivity contribution in [2.75, 3.05) is 6.54 Å². The molecule has 0 amide bonds. The van der Waals surface area contributed by atoms with E-state index in [0.717, 1.165) is 28.6 Å². The predicted octanol–water partition coefficient (Wildman–Crippen LogP) is 4.26. The van der Waals surface area contributed by atoms with Crippen LogP contribution in [0.4, 0.5) is 0 Å². The zero-order chi connectivity index (χ0) is 15.0. The van der Waals surface area contributed by atoms with E-state index in [0.29, 0.717) is 0 Å². The van der Waals surface area contributed by atoms with Crippen molar-refractivity contribution in [1.82, 2.24) is 4.90 Å². The molecular formula is C16H16BrNO2S. The van der Waals surface area contributed by atoms with E-state index in [-0.39, 0.29) is 6.04 Å². The van der Waals surface area contributed by atoms with Gasteiger partial charge in [-0.25, -0.2) is 0 Å². The van der Waals surface area contributed by atoms with Crippen LogP contribution in [0, 0.1) is 0 Å². The maximum Gasteiger partial charge on any atom is 0.325 e. The van der Waals surface area contributed by atoms with Gasteiger partial charge in [-0.1, -0.05) is 24.3 Å². The first-order chi connectivity index (χ1) is 10.1. The van der Waals surface area contributed by atoms with Gasteiger partial charge in [0.2, 0.25) is 0 Å². The smallest absolute Gasteiger partial charge is 0.325 e. The molecule has 2 aromatic rings. The Hall–Kier alpha value is -1.17. The molecular weight excluding hydrogens is 350 g/mol. The van der Waals surface area contributed by atoms with E-state index in [1.54, 1.807) is 11.3 Å². The van der Waals surface area contributed by atoms with Crippen LogP contribution < -0.4 is 0 Å². The lowest BCUT2D eigenvalue weighted by molar-refractivity contribution is -0.145. The molecule has 1 aromatic carbocycles. The number of nitrogens with zero attached hydrogens (tertiary/aromatic N) is 1. The van der Waals surface area contributed by atoms with Crippen LogP contribution in [0.25, 0.3) is 0 Å². The summed E-state index contributed by atoms with van der Waals surface area (Å²) in [6.45, 7) is 2.85. The number of rotatable bonds is 3. The van der Waals surface area contributed by atoms with Crippen LogP contribution >= 0.6 is 27.3 Å². The van der Waals surface area contributed by atoms with Crippen LogP contribution in [0.3, 0.4) is 0 Å². The Balaban J connectivity index is 1.97. The number of carboxylic acids is 1. The highest BCUT2D eigenvalue weighted by molar-refractivity contribution is 9.10. The number of thiophene rings is 1. The van der Waals surface area contributed by atoms with E-state index in [1.807, 2.05) is 29.6 Å². The third-order valence-corrected chi connectivity index (χ3v) is 5.92. The minimum Gasteiger partial charge on any atom is -0.480 e. The molecule has 2 heterocycles. The molecule has 0 spiro atoms. The average molecular weight is 366 g/mol. The number of carbonyl (C=O) groups is 1. The van der Waals surface area contributed by atoms with Crippen molar-refractivity contribution >= 4 is 33.2 Å². The summed E-state index contributed by atoms with van der Waals surface area (Å²) in [6.07, 6.45) is 0.900. The lowest BCUT2D eigenvalue weighted by Crippen LogP contribution is -2.41. The van der Waals surface area contributed by atoms with E-state index in [1.165, 1.54) is 4.88 Å². The lowest BCUT2D eigenvalue weighted by atomic mass is 9.91. The molecule has 0 saturated heterocycles. The highest BCUT2D eigenvalue weighted by atomic mass is 79.9. The highest BCUT2D eigenvalue weighted by Gasteiger charge is 2.36. The first kappa shape index (κ1) is 14.8. The van der Waals surface area contributed by atoms with Crippen LogP contribution in [-0.2, 0) is 11.2 Å². The summed E-state index contributed by atoms with van der Waals surface area (Å²) in [6, 6.07) is 9.49. The zero-order valence-electron chi connectivity index (χ0n) is 11.6. The van der Waals surface area contributed by atoms with Crippen molar-refractivity contribution < 1.29 is 9.90 Å². The molecule has 2 unspecified atom stereocenters. The molecule has 0 bridgehead atoms. The fraction of sp³-hybridized carbons (Fsp3) is 0.312. The van der Waals surface area contributed by atoms with Gasteiger partial charge in [-0.15, -0.1) is 11.3 Å². The predicted molar refractivity (Wildman–Crippen MR) is 87.7 cm³/mol. The van der Waals surface area contributed by atoms with Crippen LogP contribution in [0.5, 0.6) is 0 Å². The molecule has 0 fully saturated rings. The van der Waals surface area contributed by atoms with Gasteiger partial charge in [0.25, 0.3) is 0 Å². The quantitative estimate of drug-likeness (QED) is 0.883. The van der Waals surface area contributed by atoms with Crippen molar-refractivity contribution in [2.24, 2.45) is 0 Å². The second-order valence-corrected chi connectivity index (χ2v) is 7.13. The third-order valence-electron chi connectivity index (χ3n) is 4.05. The van der Waals surface area contributed by atoms with Crippen molar-refractivity contribution in [3.05, 3.63) is 56.2 Å². The molecule has 1 aliphatic heterocycles. The van der Waals surface area contributed by atoms with Crippen LogP contribution in [0.15, 0.2) is 40.2 Å². The minimum absolute atomic E-state index is 0.0933. The molecule has 1 aliphatic rings. The van der Waals surface area contributed by atoms with Gasteiger partial charge in [-0.3, -0.25) is 9.69 Å². The fourth-order valence-electron chi connectivity index (χ4n) is 2.99. The summed E-state index contributed by atoms with van der Waals surface area (Å²) in [5, 5.41) is 11.8. The van der Waals surface area contributed by atoms with Crippen LogP contribution in [0.2, 0.25) is 0 Å². The monoisotopic (exact) mass is 365 g/mol. The van der Waals surface area contributed by atoms with Gasteiger partial charge >= 0.3 is 5.97 Å². The van der Waals surface area contributed by atoms with Gasteiger partial charge in [0, 0.05) is 27.3 Å². The maximum absolute atomic E-state index is 11.8. The number of aliphatic carboxylic acids is 1. The van der Waals surface area contributed by atoms with E-state index in [9.17, 15) is 9.90 Å². The lowest BCUT2D eigenvalue weighted by Gasteiger charge is -2.38. The molecule has 0 radical (unpaired) electrons. The molecule has 5 heteroatoms. The highest BCUT2D eigenvalue weighted by Crippen LogP contribution is 2.38. The molecule has 0 saturated carbocycles. The zero-order valence-corrected chi connectivity index (χ0v) is 14.0. The van der Waals surface area contributed by atoms with Crippen molar-refractivity contribution in [2.45, 2.75) is 25.4 Å². The molecule has 2 atom stereocenters. The number of hydrogen-bond acceptors (Lipinski definition) is 3. The first-order valence-electron chi connectivity index (χ1n) is 6.88. The maximum atomic E-state index is 11.8. The van der Waals surface area contributed by atoms with Gasteiger partial charge in [0.05, 0.1) is 0 Å². The second-order valence-electron chi connectivity index (χ2n) is 5.27.